The summed E-state index contributed by atoms with van der Waals surface area (Å²) in [6.07, 6.45) is 0.940. The van der Waals surface area contributed by atoms with Crippen molar-refractivity contribution in [3.63, 3.8) is 0 Å². The van der Waals surface area contributed by atoms with Crippen LogP contribution < -0.4 is 15.9 Å². The zero-order chi connectivity index (χ0) is 23.4. The molecule has 5 aromatic rings. The number of benzene rings is 5. The molecule has 34 heavy (non-hydrogen) atoms. The van der Waals surface area contributed by atoms with Crippen molar-refractivity contribution in [2.24, 2.45) is 0 Å². The smallest absolute Gasteiger partial charge is 0.0620 e. The van der Waals surface area contributed by atoms with Crippen LogP contribution in [0.25, 0.3) is 11.1 Å². The number of hydrogen-bond acceptors (Lipinski definition) is 0. The van der Waals surface area contributed by atoms with Gasteiger partial charge in [-0.25, -0.2) is 0 Å². The van der Waals surface area contributed by atoms with Crippen molar-refractivity contribution in [3.8, 4) is 11.1 Å². The molecule has 0 spiro atoms. The predicted molar refractivity (Wildman–Crippen MR) is 156 cm³/mol. The van der Waals surface area contributed by atoms with Crippen molar-refractivity contribution in [2.45, 2.75) is 6.16 Å². The Kier molecular flexibility index (Phi) is 7.11. The lowest BCUT2D eigenvalue weighted by atomic mass is 10.0. The lowest BCUT2D eigenvalue weighted by Gasteiger charge is -2.28. The quantitative estimate of drug-likeness (QED) is 0.175. The van der Waals surface area contributed by atoms with Crippen LogP contribution in [-0.4, -0.2) is 0 Å². The van der Waals surface area contributed by atoms with Crippen LogP contribution in [0.15, 0.2) is 142 Å². The van der Waals surface area contributed by atoms with E-state index in [2.05, 4.69) is 165 Å². The Hall–Kier alpha value is -2.51. The summed E-state index contributed by atoms with van der Waals surface area (Å²) in [4.78, 5) is 0. The molecule has 0 aliphatic carbocycles. The SMILES string of the molecule is Brc1ccc(-c2ccc(Br)cc2C[P+](c2ccccc2)(c2ccccc2)c2ccccc2)cc1. The fourth-order valence-electron chi connectivity index (χ4n) is 4.63. The van der Waals surface area contributed by atoms with E-state index in [-0.39, 0.29) is 0 Å². The van der Waals surface area contributed by atoms with E-state index in [1.807, 2.05) is 0 Å². The Morgan fingerprint density at radius 3 is 1.38 bits per heavy atom. The van der Waals surface area contributed by atoms with Gasteiger partial charge in [0.15, 0.2) is 0 Å². The topological polar surface area (TPSA) is 0 Å². The van der Waals surface area contributed by atoms with Gasteiger partial charge in [0.05, 0.1) is 6.16 Å². The zero-order valence-electron chi connectivity index (χ0n) is 18.6. The van der Waals surface area contributed by atoms with Gasteiger partial charge in [-0.05, 0) is 77.4 Å². The van der Waals surface area contributed by atoms with Gasteiger partial charge in [0.25, 0.3) is 0 Å². The molecule has 0 N–H and O–H groups in total. The van der Waals surface area contributed by atoms with Crippen molar-refractivity contribution in [2.75, 3.05) is 0 Å². The van der Waals surface area contributed by atoms with Crippen LogP contribution in [0.5, 0.6) is 0 Å². The molecule has 0 atom stereocenters. The van der Waals surface area contributed by atoms with Gasteiger partial charge in [-0.2, -0.15) is 0 Å². The maximum Gasteiger partial charge on any atom is 0.116 e. The first kappa shape index (κ1) is 23.2. The van der Waals surface area contributed by atoms with Crippen LogP contribution in [0, 0.1) is 0 Å². The van der Waals surface area contributed by atoms with Gasteiger partial charge in [-0.15, -0.1) is 0 Å². The summed E-state index contributed by atoms with van der Waals surface area (Å²) in [7, 11) is -1.98. The third-order valence-corrected chi connectivity index (χ3v) is 11.6. The highest BCUT2D eigenvalue weighted by atomic mass is 79.9. The second kappa shape index (κ2) is 10.4. The third-order valence-electron chi connectivity index (χ3n) is 6.22. The summed E-state index contributed by atoms with van der Waals surface area (Å²) in [5.74, 6) is 0. The fraction of sp³-hybridized carbons (Fsp3) is 0.0323. The van der Waals surface area contributed by atoms with Crippen molar-refractivity contribution in [1.29, 1.82) is 0 Å². The maximum atomic E-state index is 3.76. The molecule has 0 heterocycles. The van der Waals surface area contributed by atoms with Crippen LogP contribution in [0.2, 0.25) is 0 Å². The second-order valence-corrected chi connectivity index (χ2v) is 13.6. The molecule has 5 rings (SSSR count). The molecule has 0 fully saturated rings. The zero-order valence-corrected chi connectivity index (χ0v) is 22.7. The lowest BCUT2D eigenvalue weighted by molar-refractivity contribution is 1.37. The van der Waals surface area contributed by atoms with Gasteiger partial charge in [0.1, 0.15) is 23.2 Å². The Bertz CT molecular complexity index is 1270. The summed E-state index contributed by atoms with van der Waals surface area (Å²) in [6.45, 7) is 0. The summed E-state index contributed by atoms with van der Waals surface area (Å²) < 4.78 is 2.20. The van der Waals surface area contributed by atoms with Crippen molar-refractivity contribution < 1.29 is 0 Å². The highest BCUT2D eigenvalue weighted by Gasteiger charge is 2.45. The molecule has 0 aliphatic rings. The summed E-state index contributed by atoms with van der Waals surface area (Å²) in [5.41, 5.74) is 3.86. The molecule has 0 bridgehead atoms. The van der Waals surface area contributed by atoms with Gasteiger partial charge < -0.3 is 0 Å². The Morgan fingerprint density at radius 2 is 0.912 bits per heavy atom. The highest BCUT2D eigenvalue weighted by molar-refractivity contribution is 9.10. The van der Waals surface area contributed by atoms with E-state index >= 15 is 0 Å². The summed E-state index contributed by atoms with van der Waals surface area (Å²) in [5, 5.41) is 4.19. The monoisotopic (exact) mass is 585 g/mol. The van der Waals surface area contributed by atoms with Gasteiger partial charge in [-0.1, -0.05) is 105 Å². The number of rotatable bonds is 6. The molecular formula is C31H24Br2P+. The maximum absolute atomic E-state index is 3.76. The lowest BCUT2D eigenvalue weighted by Crippen LogP contribution is -2.32. The number of halogens is 2. The molecule has 0 aliphatic heterocycles. The molecule has 0 unspecified atom stereocenters. The Balaban J connectivity index is 1.78. The molecule has 0 saturated heterocycles. The van der Waals surface area contributed by atoms with Crippen LogP contribution in [0.3, 0.4) is 0 Å². The van der Waals surface area contributed by atoms with Crippen LogP contribution in [0.1, 0.15) is 5.56 Å². The van der Waals surface area contributed by atoms with Crippen LogP contribution >= 0.6 is 39.1 Å². The normalized spacial score (nSPS) is 11.4. The molecule has 0 radical (unpaired) electrons. The van der Waals surface area contributed by atoms with Crippen molar-refractivity contribution in [3.05, 3.63) is 148 Å². The van der Waals surface area contributed by atoms with Gasteiger partial charge in [0, 0.05) is 8.95 Å². The molecule has 0 nitrogen and oxygen atoms in total. The van der Waals surface area contributed by atoms with E-state index < -0.39 is 7.26 Å². The largest absolute Gasteiger partial charge is 0.116 e. The van der Waals surface area contributed by atoms with E-state index in [1.54, 1.807) is 0 Å². The average molecular weight is 587 g/mol. The van der Waals surface area contributed by atoms with Gasteiger partial charge >= 0.3 is 0 Å². The highest BCUT2D eigenvalue weighted by Crippen LogP contribution is 2.59. The van der Waals surface area contributed by atoms with E-state index in [9.17, 15) is 0 Å². The molecule has 0 amide bonds. The first-order valence-electron chi connectivity index (χ1n) is 11.3. The minimum Gasteiger partial charge on any atom is -0.0620 e. The first-order chi connectivity index (χ1) is 16.7. The van der Waals surface area contributed by atoms with Crippen LogP contribution in [-0.2, 0) is 6.16 Å². The van der Waals surface area contributed by atoms with E-state index in [0.29, 0.717) is 0 Å². The standard InChI is InChI=1S/C31H24Br2P/c32-26-18-16-24(17-19-26)31-21-20-27(33)22-25(31)23-34(28-10-4-1-5-11-28,29-12-6-2-7-13-29)30-14-8-3-9-15-30/h1-22H,23H2/q+1. The minimum absolute atomic E-state index is 0.940. The molecule has 0 aromatic heterocycles. The molecule has 3 heteroatoms. The molecule has 5 aromatic carbocycles. The average Bonchev–Trinajstić information content (AvgIpc) is 2.90. The number of hydrogen-bond donors (Lipinski definition) is 0. The van der Waals surface area contributed by atoms with E-state index in [4.69, 9.17) is 0 Å². The predicted octanol–water partition coefficient (Wildman–Crippen LogP) is 8.37. The van der Waals surface area contributed by atoms with Crippen LogP contribution in [0.4, 0.5) is 0 Å². The summed E-state index contributed by atoms with van der Waals surface area (Å²) in [6, 6.07) is 48.6. The Morgan fingerprint density at radius 1 is 0.471 bits per heavy atom. The van der Waals surface area contributed by atoms with Crippen molar-refractivity contribution in [1.82, 2.24) is 0 Å². The van der Waals surface area contributed by atoms with Gasteiger partial charge in [0.2, 0.25) is 0 Å². The first-order valence-corrected chi connectivity index (χ1v) is 14.8. The third kappa shape index (κ3) is 4.68. The minimum atomic E-state index is -1.98. The van der Waals surface area contributed by atoms with Crippen molar-refractivity contribution >= 4 is 55.0 Å². The van der Waals surface area contributed by atoms with E-state index in [0.717, 1.165) is 15.1 Å². The fourth-order valence-corrected chi connectivity index (χ4v) is 9.56. The molecule has 0 saturated carbocycles. The van der Waals surface area contributed by atoms with Gasteiger partial charge in [-0.3, -0.25) is 0 Å². The summed E-state index contributed by atoms with van der Waals surface area (Å²) >= 11 is 7.35. The second-order valence-electron chi connectivity index (χ2n) is 8.28. The molecular weight excluding hydrogens is 563 g/mol. The Labute approximate surface area is 219 Å². The van der Waals surface area contributed by atoms with E-state index in [1.165, 1.54) is 32.6 Å². The molecule has 166 valence electrons.